The predicted molar refractivity (Wildman–Crippen MR) is 82.8 cm³/mol. The molecule has 1 amide bonds. The number of carbonyl (C=O) groups excluding carboxylic acids is 1. The molecule has 0 aliphatic carbocycles. The first-order chi connectivity index (χ1) is 9.11. The number of benzene rings is 2. The van der Waals surface area contributed by atoms with Crippen LogP contribution in [-0.4, -0.2) is 13.0 Å². The summed E-state index contributed by atoms with van der Waals surface area (Å²) in [6.07, 6.45) is 0. The van der Waals surface area contributed by atoms with E-state index < -0.39 is 0 Å². The zero-order valence-electron chi connectivity index (χ0n) is 10.1. The summed E-state index contributed by atoms with van der Waals surface area (Å²) in [7, 11) is 1.60. The average Bonchev–Trinajstić information content (AvgIpc) is 2.39. The van der Waals surface area contributed by atoms with Gasteiger partial charge in [-0.1, -0.05) is 12.1 Å². The molecule has 98 valence electrons. The molecule has 0 fully saturated rings. The number of ether oxygens (including phenoxy) is 1. The number of amides is 1. The second kappa shape index (κ2) is 6.21. The summed E-state index contributed by atoms with van der Waals surface area (Å²) < 4.78 is 6.70. The summed E-state index contributed by atoms with van der Waals surface area (Å²) in [6.45, 7) is 0. The van der Waals surface area contributed by atoms with Gasteiger partial charge in [-0.2, -0.15) is 0 Å². The highest BCUT2D eigenvalue weighted by molar-refractivity contribution is 9.10. The van der Waals surface area contributed by atoms with Gasteiger partial charge in [0.2, 0.25) is 0 Å². The third-order valence-electron chi connectivity index (χ3n) is 2.53. The molecule has 0 spiro atoms. The van der Waals surface area contributed by atoms with Crippen molar-refractivity contribution in [2.45, 2.75) is 0 Å². The third kappa shape index (κ3) is 3.36. The fourth-order valence-corrected chi connectivity index (χ4v) is 2.59. The Kier molecular flexibility index (Phi) is 4.61. The van der Waals surface area contributed by atoms with Crippen LogP contribution < -0.4 is 10.1 Å². The highest BCUT2D eigenvalue weighted by Crippen LogP contribution is 2.28. The second-order valence-electron chi connectivity index (χ2n) is 3.78. The fraction of sp³-hybridized carbons (Fsp3) is 0.0714. The third-order valence-corrected chi connectivity index (χ3v) is 3.84. The van der Waals surface area contributed by atoms with Gasteiger partial charge in [0.25, 0.3) is 5.91 Å². The summed E-state index contributed by atoms with van der Waals surface area (Å²) >= 11 is 6.74. The van der Waals surface area contributed by atoms with Crippen LogP contribution in [0.5, 0.6) is 5.75 Å². The van der Waals surface area contributed by atoms with Crippen LogP contribution in [0.1, 0.15) is 10.4 Å². The molecule has 0 atom stereocenters. The molecular weight excluding hydrogens is 374 g/mol. The maximum absolute atomic E-state index is 12.1. The van der Waals surface area contributed by atoms with E-state index >= 15 is 0 Å². The van der Waals surface area contributed by atoms with Gasteiger partial charge in [0.05, 0.1) is 17.1 Å². The normalized spacial score (nSPS) is 10.1. The molecular formula is C14H11Br2NO2. The van der Waals surface area contributed by atoms with E-state index in [1.54, 1.807) is 31.4 Å². The molecule has 0 aliphatic heterocycles. The van der Waals surface area contributed by atoms with Crippen molar-refractivity contribution in [2.24, 2.45) is 0 Å². The van der Waals surface area contributed by atoms with E-state index in [1.807, 2.05) is 18.2 Å². The van der Waals surface area contributed by atoms with Crippen molar-refractivity contribution >= 4 is 43.5 Å². The van der Waals surface area contributed by atoms with Crippen molar-refractivity contribution < 1.29 is 9.53 Å². The number of anilines is 1. The lowest BCUT2D eigenvalue weighted by Gasteiger charge is -2.09. The lowest BCUT2D eigenvalue weighted by molar-refractivity contribution is 0.102. The van der Waals surface area contributed by atoms with E-state index in [0.717, 1.165) is 14.7 Å². The Morgan fingerprint density at radius 2 is 1.84 bits per heavy atom. The van der Waals surface area contributed by atoms with Crippen LogP contribution in [0.4, 0.5) is 5.69 Å². The first-order valence-corrected chi connectivity index (χ1v) is 7.10. The van der Waals surface area contributed by atoms with Crippen molar-refractivity contribution in [1.29, 1.82) is 0 Å². The largest absolute Gasteiger partial charge is 0.496 e. The summed E-state index contributed by atoms with van der Waals surface area (Å²) in [5.41, 5.74) is 1.29. The number of hydrogen-bond acceptors (Lipinski definition) is 2. The molecule has 5 heteroatoms. The van der Waals surface area contributed by atoms with Gasteiger partial charge in [0.15, 0.2) is 0 Å². The van der Waals surface area contributed by atoms with Gasteiger partial charge in [-0.3, -0.25) is 4.79 Å². The maximum atomic E-state index is 12.1. The van der Waals surface area contributed by atoms with Crippen LogP contribution in [0, 0.1) is 0 Å². The van der Waals surface area contributed by atoms with Crippen molar-refractivity contribution in [3.8, 4) is 5.75 Å². The Morgan fingerprint density at radius 3 is 2.47 bits per heavy atom. The number of halogens is 2. The number of methoxy groups -OCH3 is 1. The van der Waals surface area contributed by atoms with Crippen LogP contribution in [0.2, 0.25) is 0 Å². The smallest absolute Gasteiger partial charge is 0.256 e. The molecule has 1 N–H and O–H groups in total. The molecule has 0 heterocycles. The van der Waals surface area contributed by atoms with Crippen LogP contribution in [0.3, 0.4) is 0 Å². The Morgan fingerprint density at radius 1 is 1.11 bits per heavy atom. The van der Waals surface area contributed by atoms with Gasteiger partial charge < -0.3 is 10.1 Å². The van der Waals surface area contributed by atoms with Crippen molar-refractivity contribution in [3.05, 3.63) is 57.0 Å². The van der Waals surface area contributed by atoms with Gasteiger partial charge in [-0.05, 0) is 62.2 Å². The van der Waals surface area contributed by atoms with Gasteiger partial charge >= 0.3 is 0 Å². The highest BCUT2D eigenvalue weighted by atomic mass is 79.9. The van der Waals surface area contributed by atoms with Crippen molar-refractivity contribution in [1.82, 2.24) is 0 Å². The number of rotatable bonds is 3. The van der Waals surface area contributed by atoms with Crippen LogP contribution in [0.25, 0.3) is 0 Å². The highest BCUT2D eigenvalue weighted by Gasteiger charge is 2.10. The van der Waals surface area contributed by atoms with Gasteiger partial charge in [0, 0.05) is 10.2 Å². The molecule has 0 bridgehead atoms. The number of carbonyl (C=O) groups is 1. The molecule has 3 nitrogen and oxygen atoms in total. The van der Waals surface area contributed by atoms with E-state index in [9.17, 15) is 4.79 Å². The first kappa shape index (κ1) is 14.1. The number of nitrogens with one attached hydrogen (secondary N) is 1. The number of hydrogen-bond donors (Lipinski definition) is 1. The Balaban J connectivity index is 2.20. The van der Waals surface area contributed by atoms with E-state index in [0.29, 0.717) is 11.3 Å². The van der Waals surface area contributed by atoms with E-state index in [4.69, 9.17) is 4.74 Å². The predicted octanol–water partition coefficient (Wildman–Crippen LogP) is 4.47. The monoisotopic (exact) mass is 383 g/mol. The molecule has 0 saturated carbocycles. The van der Waals surface area contributed by atoms with Gasteiger partial charge in [-0.15, -0.1) is 0 Å². The minimum atomic E-state index is -0.162. The summed E-state index contributed by atoms with van der Waals surface area (Å²) in [5, 5.41) is 2.84. The zero-order chi connectivity index (χ0) is 13.8. The van der Waals surface area contributed by atoms with E-state index in [1.165, 1.54) is 0 Å². The van der Waals surface area contributed by atoms with Crippen LogP contribution in [0.15, 0.2) is 51.4 Å². The lowest BCUT2D eigenvalue weighted by Crippen LogP contribution is -2.12. The van der Waals surface area contributed by atoms with Crippen LogP contribution in [-0.2, 0) is 0 Å². The molecule has 2 aromatic carbocycles. The Bertz CT molecular complexity index is 614. The summed E-state index contributed by atoms with van der Waals surface area (Å²) in [6, 6.07) is 12.7. The Labute approximate surface area is 128 Å². The molecule has 0 radical (unpaired) electrons. The standard InChI is InChI=1S/C14H11Br2NO2/c1-19-13-7-6-9(8-12(13)16)17-14(18)10-4-2-3-5-11(10)15/h2-8H,1H3,(H,17,18). The molecule has 0 aliphatic rings. The topological polar surface area (TPSA) is 38.3 Å². The quantitative estimate of drug-likeness (QED) is 0.847. The Hall–Kier alpha value is -1.33. The maximum Gasteiger partial charge on any atom is 0.256 e. The molecule has 2 rings (SSSR count). The minimum absolute atomic E-state index is 0.162. The molecule has 19 heavy (non-hydrogen) atoms. The summed E-state index contributed by atoms with van der Waals surface area (Å²) in [4.78, 5) is 12.1. The average molecular weight is 385 g/mol. The fourth-order valence-electron chi connectivity index (χ4n) is 1.59. The van der Waals surface area contributed by atoms with Crippen molar-refractivity contribution in [2.75, 3.05) is 12.4 Å². The molecule has 0 saturated heterocycles. The molecule has 0 aromatic heterocycles. The minimum Gasteiger partial charge on any atom is -0.496 e. The summed E-state index contributed by atoms with van der Waals surface area (Å²) in [5.74, 6) is 0.559. The molecule has 2 aromatic rings. The van der Waals surface area contributed by atoms with E-state index in [-0.39, 0.29) is 5.91 Å². The first-order valence-electron chi connectivity index (χ1n) is 5.51. The molecule has 0 unspecified atom stereocenters. The van der Waals surface area contributed by atoms with Crippen LogP contribution >= 0.6 is 31.9 Å². The SMILES string of the molecule is COc1ccc(NC(=O)c2ccccc2Br)cc1Br. The zero-order valence-corrected chi connectivity index (χ0v) is 13.3. The van der Waals surface area contributed by atoms with E-state index in [2.05, 4.69) is 37.2 Å². The van der Waals surface area contributed by atoms with Gasteiger partial charge in [-0.25, -0.2) is 0 Å². The lowest BCUT2D eigenvalue weighted by atomic mass is 10.2. The van der Waals surface area contributed by atoms with Crippen molar-refractivity contribution in [3.63, 3.8) is 0 Å². The second-order valence-corrected chi connectivity index (χ2v) is 5.49. The van der Waals surface area contributed by atoms with Gasteiger partial charge in [0.1, 0.15) is 5.75 Å².